The van der Waals surface area contributed by atoms with Gasteiger partial charge in [-0.1, -0.05) is 60.7 Å². The van der Waals surface area contributed by atoms with Crippen molar-refractivity contribution in [2.45, 2.75) is 69.5 Å². The van der Waals surface area contributed by atoms with Crippen LogP contribution in [0.3, 0.4) is 0 Å². The normalized spacial score (nSPS) is 31.1. The van der Waals surface area contributed by atoms with Gasteiger partial charge in [0.05, 0.1) is 0 Å². The highest BCUT2D eigenvalue weighted by molar-refractivity contribution is 5.78. The molecule has 2 heterocycles. The number of hydrogen-bond acceptors (Lipinski definition) is 2. The highest BCUT2D eigenvalue weighted by atomic mass is 16.2. The van der Waals surface area contributed by atoms with Crippen LogP contribution in [0.25, 0.3) is 0 Å². The monoisotopic (exact) mass is 402 g/mol. The first kappa shape index (κ1) is 19.8. The van der Waals surface area contributed by atoms with E-state index in [2.05, 4.69) is 70.9 Å². The first-order chi connectivity index (χ1) is 14.8. The van der Waals surface area contributed by atoms with Gasteiger partial charge in [0, 0.05) is 31.1 Å². The van der Waals surface area contributed by atoms with Crippen LogP contribution in [0.2, 0.25) is 0 Å². The maximum Gasteiger partial charge on any atom is 0.223 e. The van der Waals surface area contributed by atoms with Gasteiger partial charge in [0.25, 0.3) is 0 Å². The fraction of sp³-hybridized carbons (Fsp3) is 0.519. The van der Waals surface area contributed by atoms with Gasteiger partial charge in [-0.15, -0.1) is 0 Å². The Morgan fingerprint density at radius 2 is 1.63 bits per heavy atom. The zero-order valence-electron chi connectivity index (χ0n) is 17.9. The summed E-state index contributed by atoms with van der Waals surface area (Å²) >= 11 is 0. The van der Waals surface area contributed by atoms with Gasteiger partial charge < -0.3 is 10.2 Å². The van der Waals surface area contributed by atoms with Gasteiger partial charge in [-0.05, 0) is 67.9 Å². The van der Waals surface area contributed by atoms with Crippen molar-refractivity contribution in [2.75, 3.05) is 6.54 Å². The molecule has 3 fully saturated rings. The van der Waals surface area contributed by atoms with E-state index in [9.17, 15) is 4.79 Å². The predicted molar refractivity (Wildman–Crippen MR) is 121 cm³/mol. The molecule has 5 rings (SSSR count). The van der Waals surface area contributed by atoms with Gasteiger partial charge in [0.2, 0.25) is 5.91 Å². The summed E-state index contributed by atoms with van der Waals surface area (Å²) in [5, 5.41) is 3.95. The van der Waals surface area contributed by atoms with Crippen molar-refractivity contribution in [3.63, 3.8) is 0 Å². The molecule has 4 atom stereocenters. The number of benzene rings is 2. The zero-order chi connectivity index (χ0) is 20.4. The van der Waals surface area contributed by atoms with E-state index in [-0.39, 0.29) is 5.54 Å². The summed E-state index contributed by atoms with van der Waals surface area (Å²) in [6.45, 7) is 1.91. The van der Waals surface area contributed by atoms with Gasteiger partial charge in [-0.25, -0.2) is 0 Å². The molecule has 1 amide bonds. The molecule has 3 heteroatoms. The molecule has 3 aliphatic rings. The minimum atomic E-state index is 0.123. The number of amides is 1. The van der Waals surface area contributed by atoms with Crippen molar-refractivity contribution in [2.24, 2.45) is 11.8 Å². The van der Waals surface area contributed by atoms with E-state index in [1.54, 1.807) is 0 Å². The largest absolute Gasteiger partial charge is 0.337 e. The summed E-state index contributed by atoms with van der Waals surface area (Å²) in [4.78, 5) is 15.2. The van der Waals surface area contributed by atoms with E-state index < -0.39 is 0 Å². The summed E-state index contributed by atoms with van der Waals surface area (Å²) in [6, 6.07) is 22.3. The number of rotatable bonds is 5. The SMILES string of the molecule is O=C1CCC[C@H]2[C@@H](Cc3ccccc3)[C@@H](NCc3ccccc3)CC[C@]23CCCN13. The fourth-order valence-corrected chi connectivity index (χ4v) is 6.76. The van der Waals surface area contributed by atoms with Crippen LogP contribution in [-0.2, 0) is 17.8 Å². The van der Waals surface area contributed by atoms with Crippen LogP contribution in [0, 0.1) is 11.8 Å². The number of nitrogens with zero attached hydrogens (tertiary/aromatic N) is 1. The van der Waals surface area contributed by atoms with Crippen LogP contribution in [0.4, 0.5) is 0 Å². The third kappa shape index (κ3) is 3.69. The molecule has 2 aromatic rings. The van der Waals surface area contributed by atoms with Crippen molar-refractivity contribution >= 4 is 5.91 Å². The molecular formula is C27H34N2O. The van der Waals surface area contributed by atoms with E-state index in [1.807, 2.05) is 0 Å². The Labute approximate surface area is 180 Å². The third-order valence-electron chi connectivity index (χ3n) is 8.07. The quantitative estimate of drug-likeness (QED) is 0.767. The average Bonchev–Trinajstić information content (AvgIpc) is 3.15. The van der Waals surface area contributed by atoms with E-state index in [4.69, 9.17) is 0 Å². The first-order valence-electron chi connectivity index (χ1n) is 11.9. The number of hydrogen-bond donors (Lipinski definition) is 1. The first-order valence-corrected chi connectivity index (χ1v) is 11.9. The van der Waals surface area contributed by atoms with Crippen LogP contribution < -0.4 is 5.32 Å². The van der Waals surface area contributed by atoms with Crippen molar-refractivity contribution < 1.29 is 4.79 Å². The molecule has 0 bridgehead atoms. The molecule has 1 saturated carbocycles. The highest BCUT2D eigenvalue weighted by Crippen LogP contribution is 2.52. The van der Waals surface area contributed by atoms with Crippen LogP contribution in [0.15, 0.2) is 60.7 Å². The summed E-state index contributed by atoms with van der Waals surface area (Å²) < 4.78 is 0. The molecule has 3 nitrogen and oxygen atoms in total. The highest BCUT2D eigenvalue weighted by Gasteiger charge is 2.55. The van der Waals surface area contributed by atoms with Gasteiger partial charge in [0.1, 0.15) is 0 Å². The Kier molecular flexibility index (Phi) is 5.64. The van der Waals surface area contributed by atoms with Gasteiger partial charge >= 0.3 is 0 Å². The fourth-order valence-electron chi connectivity index (χ4n) is 6.76. The zero-order valence-corrected chi connectivity index (χ0v) is 17.9. The Hall–Kier alpha value is -2.13. The topological polar surface area (TPSA) is 32.3 Å². The number of carbonyl (C=O) groups excluding carboxylic acids is 1. The lowest BCUT2D eigenvalue weighted by Gasteiger charge is -2.53. The minimum Gasteiger partial charge on any atom is -0.337 e. The van der Waals surface area contributed by atoms with E-state index >= 15 is 0 Å². The van der Waals surface area contributed by atoms with Crippen molar-refractivity contribution in [1.29, 1.82) is 0 Å². The van der Waals surface area contributed by atoms with Gasteiger partial charge in [0.15, 0.2) is 0 Å². The van der Waals surface area contributed by atoms with Gasteiger partial charge in [-0.3, -0.25) is 4.79 Å². The minimum absolute atomic E-state index is 0.123. The lowest BCUT2D eigenvalue weighted by atomic mass is 9.61. The second kappa shape index (κ2) is 8.55. The number of carbonyl (C=O) groups is 1. The molecule has 2 aliphatic heterocycles. The Morgan fingerprint density at radius 3 is 2.40 bits per heavy atom. The maximum absolute atomic E-state index is 12.9. The summed E-state index contributed by atoms with van der Waals surface area (Å²) in [5.41, 5.74) is 2.92. The summed E-state index contributed by atoms with van der Waals surface area (Å²) in [5.74, 6) is 1.61. The number of nitrogens with one attached hydrogen (secondary N) is 1. The average molecular weight is 403 g/mol. The standard InChI is InChI=1S/C27H34N2O/c30-26-14-7-13-24-23(19-21-9-3-1-4-10-21)25(28-20-22-11-5-2-6-12-22)15-17-27(24)16-8-18-29(26)27/h1-6,9-12,23-25,28H,7-8,13-20H2/t23-,24+,25+,27-/m1/s1. The molecule has 0 radical (unpaired) electrons. The lowest BCUT2D eigenvalue weighted by Crippen LogP contribution is -2.60. The van der Waals surface area contributed by atoms with Crippen LogP contribution in [0.5, 0.6) is 0 Å². The second-order valence-electron chi connectivity index (χ2n) is 9.62. The smallest absolute Gasteiger partial charge is 0.223 e. The lowest BCUT2D eigenvalue weighted by molar-refractivity contribution is -0.138. The Bertz CT molecular complexity index is 852. The molecule has 2 aromatic carbocycles. The third-order valence-corrected chi connectivity index (χ3v) is 8.07. The van der Waals surface area contributed by atoms with Crippen molar-refractivity contribution in [1.82, 2.24) is 10.2 Å². The molecule has 30 heavy (non-hydrogen) atoms. The molecule has 158 valence electrons. The summed E-state index contributed by atoms with van der Waals surface area (Å²) in [6.07, 6.45) is 8.84. The molecule has 0 unspecified atom stereocenters. The second-order valence-corrected chi connectivity index (χ2v) is 9.62. The molecule has 2 saturated heterocycles. The van der Waals surface area contributed by atoms with Crippen LogP contribution >= 0.6 is 0 Å². The van der Waals surface area contributed by atoms with Crippen LogP contribution in [-0.4, -0.2) is 28.9 Å². The molecule has 0 aromatic heterocycles. The molecule has 1 spiro atoms. The van der Waals surface area contributed by atoms with E-state index in [1.165, 1.54) is 43.2 Å². The van der Waals surface area contributed by atoms with E-state index in [0.29, 0.717) is 23.8 Å². The van der Waals surface area contributed by atoms with Crippen LogP contribution in [0.1, 0.15) is 56.1 Å². The van der Waals surface area contributed by atoms with Gasteiger partial charge in [-0.2, -0.15) is 0 Å². The predicted octanol–water partition coefficient (Wildman–Crippen LogP) is 4.96. The molecule has 1 aliphatic carbocycles. The Balaban J connectivity index is 1.43. The van der Waals surface area contributed by atoms with E-state index in [0.717, 1.165) is 32.4 Å². The molecule has 1 N–H and O–H groups in total. The summed E-state index contributed by atoms with van der Waals surface area (Å²) in [7, 11) is 0. The van der Waals surface area contributed by atoms with Crippen molar-refractivity contribution in [3.8, 4) is 0 Å². The van der Waals surface area contributed by atoms with Crippen molar-refractivity contribution in [3.05, 3.63) is 71.8 Å². The molecular weight excluding hydrogens is 368 g/mol. The maximum atomic E-state index is 12.9. The Morgan fingerprint density at radius 1 is 0.900 bits per heavy atom.